The number of likely N-dealkylation sites (N-methyl/N-ethyl adjacent to an activating group) is 1. The van der Waals surface area contributed by atoms with E-state index in [9.17, 15) is 19.8 Å². The lowest BCUT2D eigenvalue weighted by atomic mass is 9.81. The Balaban J connectivity index is 1.56. The highest BCUT2D eigenvalue weighted by molar-refractivity contribution is 6.31. The summed E-state index contributed by atoms with van der Waals surface area (Å²) < 4.78 is 0. The van der Waals surface area contributed by atoms with Crippen molar-refractivity contribution in [2.24, 2.45) is 0 Å². The average molecular weight is 511 g/mol. The number of aliphatic hydroxyl groups excluding tert-OH is 1. The van der Waals surface area contributed by atoms with Crippen LogP contribution in [0.5, 0.6) is 5.75 Å². The number of aliphatic hydroxyl groups is 1. The Morgan fingerprint density at radius 1 is 1.19 bits per heavy atom. The molecule has 9 heteroatoms. The highest BCUT2D eigenvalue weighted by Crippen LogP contribution is 2.49. The van der Waals surface area contributed by atoms with Gasteiger partial charge < -0.3 is 20.1 Å². The molecular weight excluding hydrogens is 480 g/mol. The molecule has 8 nitrogen and oxygen atoms in total. The van der Waals surface area contributed by atoms with Gasteiger partial charge in [0.05, 0.1) is 6.61 Å². The van der Waals surface area contributed by atoms with Gasteiger partial charge in [-0.1, -0.05) is 30.7 Å². The number of amides is 3. The van der Waals surface area contributed by atoms with Crippen molar-refractivity contribution in [2.45, 2.75) is 38.3 Å². The maximum Gasteiger partial charge on any atom is 0.328 e. The second-order valence-corrected chi connectivity index (χ2v) is 10.2. The van der Waals surface area contributed by atoms with Crippen molar-refractivity contribution in [1.29, 1.82) is 0 Å². The van der Waals surface area contributed by atoms with Crippen molar-refractivity contribution >= 4 is 34.4 Å². The minimum atomic E-state index is -1.08. The molecule has 0 saturated carbocycles. The molecule has 5 rings (SSSR count). The number of fused-ring (bicyclic) bond motifs is 4. The number of aromatic hydroxyl groups is 1. The molecule has 36 heavy (non-hydrogen) atoms. The number of hydrogen-bond donors (Lipinski definition) is 3. The van der Waals surface area contributed by atoms with Crippen LogP contribution in [-0.4, -0.2) is 80.2 Å². The largest absolute Gasteiger partial charge is 0.508 e. The normalized spacial score (nSPS) is 21.5. The van der Waals surface area contributed by atoms with Gasteiger partial charge in [0.2, 0.25) is 0 Å². The summed E-state index contributed by atoms with van der Waals surface area (Å²) in [5, 5.41) is 21.0. The van der Waals surface area contributed by atoms with Gasteiger partial charge in [-0.25, -0.2) is 4.79 Å². The van der Waals surface area contributed by atoms with Crippen LogP contribution in [0.1, 0.15) is 43.1 Å². The van der Waals surface area contributed by atoms with E-state index >= 15 is 0 Å². The van der Waals surface area contributed by atoms with E-state index < -0.39 is 11.6 Å². The van der Waals surface area contributed by atoms with Crippen molar-refractivity contribution in [3.63, 3.8) is 0 Å². The van der Waals surface area contributed by atoms with Gasteiger partial charge in [0.1, 0.15) is 17.3 Å². The number of halogens is 1. The summed E-state index contributed by atoms with van der Waals surface area (Å²) in [5.74, 6) is -0.122. The summed E-state index contributed by atoms with van der Waals surface area (Å²) in [6.45, 7) is 6.26. The Morgan fingerprint density at radius 3 is 2.72 bits per heavy atom. The summed E-state index contributed by atoms with van der Waals surface area (Å²) >= 11 is 6.32. The zero-order chi connectivity index (χ0) is 25.6. The third kappa shape index (κ3) is 3.93. The van der Waals surface area contributed by atoms with Gasteiger partial charge in [-0.3, -0.25) is 14.6 Å². The molecule has 1 fully saturated rings. The van der Waals surface area contributed by atoms with Crippen LogP contribution in [0, 0.1) is 0 Å². The fourth-order valence-corrected chi connectivity index (χ4v) is 5.92. The Kier molecular flexibility index (Phi) is 6.44. The van der Waals surface area contributed by atoms with E-state index in [0.29, 0.717) is 37.5 Å². The van der Waals surface area contributed by atoms with Crippen molar-refractivity contribution in [1.82, 2.24) is 19.7 Å². The topological polar surface area (TPSA) is 100 Å². The number of aromatic nitrogens is 1. The Hall–Kier alpha value is -3.07. The first-order valence-electron chi connectivity index (χ1n) is 12.4. The number of nitrogens with one attached hydrogen (secondary N) is 1. The zero-order valence-electron chi connectivity index (χ0n) is 20.5. The molecule has 2 atom stereocenters. The van der Waals surface area contributed by atoms with Crippen LogP contribution in [-0.2, 0) is 11.2 Å². The predicted octanol–water partition coefficient (Wildman–Crippen LogP) is 3.90. The van der Waals surface area contributed by atoms with Crippen molar-refractivity contribution in [3.8, 4) is 5.75 Å². The van der Waals surface area contributed by atoms with E-state index in [1.54, 1.807) is 23.1 Å². The lowest BCUT2D eigenvalue weighted by Gasteiger charge is -2.42. The minimum Gasteiger partial charge on any atom is -0.508 e. The third-order valence-electron chi connectivity index (χ3n) is 7.53. The molecule has 3 amide bonds. The molecule has 0 aliphatic carbocycles. The number of benzene rings is 2. The van der Waals surface area contributed by atoms with Crippen LogP contribution in [0.15, 0.2) is 42.5 Å². The molecule has 0 bridgehead atoms. The number of H-pyrrole nitrogens is 1. The van der Waals surface area contributed by atoms with E-state index in [1.165, 1.54) is 4.90 Å². The molecule has 2 unspecified atom stereocenters. The first kappa shape index (κ1) is 24.6. The monoisotopic (exact) mass is 510 g/mol. The van der Waals surface area contributed by atoms with Gasteiger partial charge in [0.15, 0.2) is 0 Å². The van der Waals surface area contributed by atoms with Crippen LogP contribution in [0.4, 0.5) is 4.79 Å². The molecule has 3 heterocycles. The SMILES string of the molecule is CCN(CCO)CCCN1C(=O)N2C(c3cccc(O)c3)c3[nH]c4ccc(Cl)cc4c3CC2(C)C1=O. The number of carbonyl (C=O) groups excluding carboxylic acids is 2. The Labute approximate surface area is 215 Å². The maximum atomic E-state index is 13.9. The maximum absolute atomic E-state index is 13.9. The fraction of sp³-hybridized carbons (Fsp3) is 0.407. The smallest absolute Gasteiger partial charge is 0.328 e. The van der Waals surface area contributed by atoms with Crippen LogP contribution in [0.3, 0.4) is 0 Å². The summed E-state index contributed by atoms with van der Waals surface area (Å²) in [7, 11) is 0. The van der Waals surface area contributed by atoms with Crippen molar-refractivity contribution in [2.75, 3.05) is 32.8 Å². The number of rotatable bonds is 8. The van der Waals surface area contributed by atoms with Gasteiger partial charge in [-0.2, -0.15) is 0 Å². The standard InChI is InChI=1S/C27H31ClN4O4/c1-3-30(12-13-33)10-5-11-31-25(35)27(2)16-21-20-15-18(28)8-9-22(20)29-23(21)24(32(27)26(31)36)17-6-4-7-19(34)14-17/h4,6-9,14-15,24,29,33-34H,3,5,10-13,16H2,1-2H3. The number of phenols is 1. The Morgan fingerprint density at radius 2 is 2.00 bits per heavy atom. The quantitative estimate of drug-likeness (QED) is 0.399. The lowest BCUT2D eigenvalue weighted by molar-refractivity contribution is -0.133. The number of nitrogens with zero attached hydrogens (tertiary/aromatic N) is 3. The molecule has 2 aromatic carbocycles. The predicted molar refractivity (Wildman–Crippen MR) is 138 cm³/mol. The van der Waals surface area contributed by atoms with Gasteiger partial charge >= 0.3 is 6.03 Å². The lowest BCUT2D eigenvalue weighted by Crippen LogP contribution is -2.53. The third-order valence-corrected chi connectivity index (χ3v) is 7.77. The van der Waals surface area contributed by atoms with Crippen LogP contribution in [0.25, 0.3) is 10.9 Å². The molecule has 0 spiro atoms. The first-order valence-corrected chi connectivity index (χ1v) is 12.7. The number of hydrogen-bond acceptors (Lipinski definition) is 5. The highest BCUT2D eigenvalue weighted by atomic mass is 35.5. The number of urea groups is 1. The molecule has 3 N–H and O–H groups in total. The van der Waals surface area contributed by atoms with E-state index in [-0.39, 0.29) is 24.3 Å². The highest BCUT2D eigenvalue weighted by Gasteiger charge is 2.60. The van der Waals surface area contributed by atoms with Crippen LogP contribution < -0.4 is 0 Å². The van der Waals surface area contributed by atoms with E-state index in [0.717, 1.165) is 34.3 Å². The second-order valence-electron chi connectivity index (χ2n) is 9.78. The van der Waals surface area contributed by atoms with Crippen molar-refractivity contribution < 1.29 is 19.8 Å². The zero-order valence-corrected chi connectivity index (χ0v) is 21.3. The molecule has 1 aromatic heterocycles. The van der Waals surface area contributed by atoms with E-state index in [1.807, 2.05) is 38.1 Å². The van der Waals surface area contributed by atoms with Crippen molar-refractivity contribution in [3.05, 3.63) is 64.3 Å². The van der Waals surface area contributed by atoms with Gasteiger partial charge in [-0.05, 0) is 67.9 Å². The first-order chi connectivity index (χ1) is 17.3. The molecule has 3 aromatic rings. The Bertz CT molecular complexity index is 1320. The summed E-state index contributed by atoms with van der Waals surface area (Å²) in [4.78, 5) is 36.3. The molecule has 2 aliphatic heterocycles. The fourth-order valence-electron chi connectivity index (χ4n) is 5.75. The van der Waals surface area contributed by atoms with Gasteiger partial charge in [0.25, 0.3) is 5.91 Å². The van der Waals surface area contributed by atoms with Gasteiger partial charge in [-0.15, -0.1) is 0 Å². The number of aromatic amines is 1. The second kappa shape index (κ2) is 9.42. The summed E-state index contributed by atoms with van der Waals surface area (Å²) in [6.07, 6.45) is 0.987. The summed E-state index contributed by atoms with van der Waals surface area (Å²) in [5.41, 5.74) is 2.33. The molecule has 2 aliphatic rings. The number of imide groups is 1. The molecular formula is C27H31ClN4O4. The van der Waals surface area contributed by atoms with E-state index in [4.69, 9.17) is 11.6 Å². The number of phenolic OH excluding ortho intramolecular Hbond substituents is 1. The van der Waals surface area contributed by atoms with Crippen LogP contribution in [0.2, 0.25) is 5.02 Å². The minimum absolute atomic E-state index is 0.0720. The molecule has 190 valence electrons. The summed E-state index contributed by atoms with van der Waals surface area (Å²) in [6, 6.07) is 11.6. The molecule has 1 saturated heterocycles. The average Bonchev–Trinajstić information content (AvgIpc) is 3.29. The van der Waals surface area contributed by atoms with Crippen LogP contribution >= 0.6 is 11.6 Å². The molecule has 0 radical (unpaired) electrons. The van der Waals surface area contributed by atoms with E-state index in [2.05, 4.69) is 9.88 Å². The van der Waals surface area contributed by atoms with Gasteiger partial charge in [0, 0.05) is 41.1 Å². The number of carbonyl (C=O) groups is 2.